The summed E-state index contributed by atoms with van der Waals surface area (Å²) in [7, 11) is 4.20. The summed E-state index contributed by atoms with van der Waals surface area (Å²) >= 11 is 7.64. The lowest BCUT2D eigenvalue weighted by Crippen LogP contribution is -2.41. The number of nitrogens with zero attached hydrogens (tertiary/aromatic N) is 3. The molecule has 0 spiro atoms. The van der Waals surface area contributed by atoms with Crippen molar-refractivity contribution in [2.45, 2.75) is 12.5 Å². The molecule has 1 fully saturated rings. The summed E-state index contributed by atoms with van der Waals surface area (Å²) in [4.78, 5) is 10.3. The largest absolute Gasteiger partial charge is 0.342 e. The SMILES string of the molecule is CN(C)CCCN=C1Nc2ccccc2C(=S)N2CSCC12. The predicted octanol–water partition coefficient (Wildman–Crippen LogP) is 2.51. The lowest BCUT2D eigenvalue weighted by Gasteiger charge is -2.24. The van der Waals surface area contributed by atoms with E-state index in [0.29, 0.717) is 0 Å². The van der Waals surface area contributed by atoms with Crippen molar-refractivity contribution in [1.29, 1.82) is 0 Å². The van der Waals surface area contributed by atoms with Crippen LogP contribution in [0.2, 0.25) is 0 Å². The van der Waals surface area contributed by atoms with Crippen LogP contribution in [0.5, 0.6) is 0 Å². The van der Waals surface area contributed by atoms with Crippen LogP contribution < -0.4 is 5.32 Å². The first kappa shape index (κ1) is 15.8. The van der Waals surface area contributed by atoms with E-state index in [-0.39, 0.29) is 6.04 Å². The smallest absolute Gasteiger partial charge is 0.125 e. The number of hydrogen-bond donors (Lipinski definition) is 1. The molecule has 3 rings (SSSR count). The first-order valence-corrected chi connectivity index (χ1v) is 9.17. The molecule has 6 heteroatoms. The van der Waals surface area contributed by atoms with E-state index < -0.39 is 0 Å². The second-order valence-corrected chi connectivity index (χ2v) is 7.27. The van der Waals surface area contributed by atoms with Gasteiger partial charge in [-0.3, -0.25) is 4.99 Å². The van der Waals surface area contributed by atoms with Crippen LogP contribution in [-0.2, 0) is 0 Å². The Morgan fingerprint density at radius 3 is 3.05 bits per heavy atom. The van der Waals surface area contributed by atoms with Gasteiger partial charge < -0.3 is 15.1 Å². The molecule has 0 aromatic heterocycles. The van der Waals surface area contributed by atoms with Gasteiger partial charge in [0.15, 0.2) is 0 Å². The topological polar surface area (TPSA) is 30.9 Å². The van der Waals surface area contributed by atoms with Crippen molar-refractivity contribution >= 4 is 40.5 Å². The average molecular weight is 335 g/mol. The molecule has 1 saturated heterocycles. The fourth-order valence-corrected chi connectivity index (χ4v) is 4.38. The number of fused-ring (bicyclic) bond motifs is 2. The zero-order chi connectivity index (χ0) is 15.5. The van der Waals surface area contributed by atoms with Crippen LogP contribution in [0, 0.1) is 0 Å². The van der Waals surface area contributed by atoms with Crippen molar-refractivity contribution < 1.29 is 0 Å². The van der Waals surface area contributed by atoms with Crippen molar-refractivity contribution in [3.63, 3.8) is 0 Å². The molecule has 0 bridgehead atoms. The summed E-state index contributed by atoms with van der Waals surface area (Å²) in [5, 5.41) is 3.54. The first-order chi connectivity index (χ1) is 10.7. The maximum Gasteiger partial charge on any atom is 0.125 e. The Bertz CT molecular complexity index is 585. The van der Waals surface area contributed by atoms with Gasteiger partial charge in [0, 0.05) is 23.5 Å². The Labute approximate surface area is 142 Å². The summed E-state index contributed by atoms with van der Waals surface area (Å²) in [5.74, 6) is 3.07. The van der Waals surface area contributed by atoms with E-state index in [1.165, 1.54) is 0 Å². The molecule has 1 unspecified atom stereocenters. The van der Waals surface area contributed by atoms with E-state index in [4.69, 9.17) is 17.2 Å². The Balaban J connectivity index is 1.84. The van der Waals surface area contributed by atoms with E-state index in [9.17, 15) is 0 Å². The minimum absolute atomic E-state index is 0.282. The summed E-state index contributed by atoms with van der Waals surface area (Å²) in [6.45, 7) is 1.92. The molecule has 1 N–H and O–H groups in total. The second-order valence-electron chi connectivity index (χ2n) is 5.89. The minimum Gasteiger partial charge on any atom is -0.342 e. The van der Waals surface area contributed by atoms with Crippen molar-refractivity contribution in [3.8, 4) is 0 Å². The van der Waals surface area contributed by atoms with Gasteiger partial charge in [-0.1, -0.05) is 24.4 Å². The van der Waals surface area contributed by atoms with Crippen LogP contribution in [0.4, 0.5) is 5.69 Å². The van der Waals surface area contributed by atoms with Gasteiger partial charge in [-0.05, 0) is 39.2 Å². The third-order valence-corrected chi connectivity index (χ3v) is 5.39. The summed E-state index contributed by atoms with van der Waals surface area (Å²) in [6, 6.07) is 8.56. The molecule has 0 amide bonds. The van der Waals surface area contributed by atoms with Gasteiger partial charge in [0.2, 0.25) is 0 Å². The number of nitrogens with one attached hydrogen (secondary N) is 1. The van der Waals surface area contributed by atoms with Gasteiger partial charge in [-0.15, -0.1) is 11.8 Å². The van der Waals surface area contributed by atoms with E-state index in [2.05, 4.69) is 41.3 Å². The van der Waals surface area contributed by atoms with Gasteiger partial charge >= 0.3 is 0 Å². The van der Waals surface area contributed by atoms with Gasteiger partial charge in [-0.2, -0.15) is 0 Å². The summed E-state index contributed by atoms with van der Waals surface area (Å²) in [6.07, 6.45) is 1.07. The number of para-hydroxylation sites is 1. The van der Waals surface area contributed by atoms with Crippen LogP contribution in [0.25, 0.3) is 0 Å². The fraction of sp³-hybridized carbons (Fsp3) is 0.500. The quantitative estimate of drug-likeness (QED) is 0.675. The van der Waals surface area contributed by atoms with Crippen molar-refractivity contribution in [3.05, 3.63) is 29.8 Å². The fourth-order valence-electron chi connectivity index (χ4n) is 2.76. The number of amidine groups is 1. The van der Waals surface area contributed by atoms with Gasteiger partial charge in [0.25, 0.3) is 0 Å². The highest BCUT2D eigenvalue weighted by Gasteiger charge is 2.35. The van der Waals surface area contributed by atoms with Crippen LogP contribution in [-0.4, -0.2) is 65.5 Å². The molecule has 2 heterocycles. The lowest BCUT2D eigenvalue weighted by molar-refractivity contribution is 0.403. The first-order valence-electron chi connectivity index (χ1n) is 7.60. The molecular formula is C16H22N4S2. The molecule has 0 aliphatic carbocycles. The molecule has 2 aliphatic heterocycles. The molecule has 0 saturated carbocycles. The zero-order valence-electron chi connectivity index (χ0n) is 13.1. The van der Waals surface area contributed by atoms with Crippen LogP contribution in [0.3, 0.4) is 0 Å². The van der Waals surface area contributed by atoms with Gasteiger partial charge in [0.05, 0.1) is 11.9 Å². The number of rotatable bonds is 4. The molecule has 2 aliphatic rings. The van der Waals surface area contributed by atoms with Crippen molar-refractivity contribution in [2.24, 2.45) is 4.99 Å². The molecule has 1 atom stereocenters. The summed E-state index contributed by atoms with van der Waals surface area (Å²) in [5.41, 5.74) is 2.20. The molecule has 1 aromatic carbocycles. The maximum absolute atomic E-state index is 5.72. The Morgan fingerprint density at radius 2 is 2.23 bits per heavy atom. The third-order valence-electron chi connectivity index (χ3n) is 3.92. The summed E-state index contributed by atoms with van der Waals surface area (Å²) < 4.78 is 0. The Kier molecular flexibility index (Phi) is 5.00. The van der Waals surface area contributed by atoms with E-state index in [1.54, 1.807) is 0 Å². The Morgan fingerprint density at radius 1 is 1.41 bits per heavy atom. The van der Waals surface area contributed by atoms with E-state index in [1.807, 2.05) is 23.9 Å². The second kappa shape index (κ2) is 6.98. The predicted molar refractivity (Wildman–Crippen MR) is 100 cm³/mol. The third kappa shape index (κ3) is 3.29. The lowest BCUT2D eigenvalue weighted by atomic mass is 10.2. The number of hydrogen-bond acceptors (Lipinski definition) is 4. The number of benzene rings is 1. The van der Waals surface area contributed by atoms with Crippen molar-refractivity contribution in [1.82, 2.24) is 9.80 Å². The van der Waals surface area contributed by atoms with Gasteiger partial charge in [0.1, 0.15) is 10.8 Å². The van der Waals surface area contributed by atoms with E-state index in [0.717, 1.165) is 53.2 Å². The number of thiocarbonyl (C=S) groups is 1. The monoisotopic (exact) mass is 334 g/mol. The highest BCUT2D eigenvalue weighted by molar-refractivity contribution is 7.99. The molecular weight excluding hydrogens is 312 g/mol. The minimum atomic E-state index is 0.282. The zero-order valence-corrected chi connectivity index (χ0v) is 14.7. The van der Waals surface area contributed by atoms with Crippen LogP contribution in [0.1, 0.15) is 12.0 Å². The molecule has 0 radical (unpaired) electrons. The standard InChI is InChI=1S/C16H22N4S2/c1-19(2)9-5-8-17-15-14-10-22-11-20(14)16(21)12-6-3-4-7-13(12)18-15/h3-4,6-7,14H,5,8-11H2,1-2H3,(H,17,18). The van der Waals surface area contributed by atoms with Crippen LogP contribution >= 0.6 is 24.0 Å². The highest BCUT2D eigenvalue weighted by atomic mass is 32.2. The number of anilines is 1. The number of thioether (sulfide) groups is 1. The normalized spacial score (nSPS) is 22.5. The number of aliphatic imine (C=N–C) groups is 1. The maximum atomic E-state index is 5.72. The molecule has 4 nitrogen and oxygen atoms in total. The average Bonchev–Trinajstić information content (AvgIpc) is 2.95. The molecule has 22 heavy (non-hydrogen) atoms. The highest BCUT2D eigenvalue weighted by Crippen LogP contribution is 2.31. The Hall–Kier alpha value is -1.11. The molecule has 1 aromatic rings. The van der Waals surface area contributed by atoms with Gasteiger partial charge in [-0.25, -0.2) is 0 Å². The van der Waals surface area contributed by atoms with Crippen molar-refractivity contribution in [2.75, 3.05) is 44.1 Å². The molecule has 118 valence electrons. The van der Waals surface area contributed by atoms with E-state index >= 15 is 0 Å². The van der Waals surface area contributed by atoms with Crippen LogP contribution in [0.15, 0.2) is 29.3 Å².